The van der Waals surface area contributed by atoms with E-state index in [4.69, 9.17) is 9.47 Å². The minimum Gasteiger partial charge on any atom is -0.486 e. The fourth-order valence-corrected chi connectivity index (χ4v) is 3.70. The lowest BCUT2D eigenvalue weighted by molar-refractivity contribution is -0.125. The van der Waals surface area contributed by atoms with Crippen LogP contribution in [-0.4, -0.2) is 50.7 Å². The molecule has 0 aromatic heterocycles. The van der Waals surface area contributed by atoms with E-state index in [1.54, 1.807) is 0 Å². The first kappa shape index (κ1) is 16.2. The maximum absolute atomic E-state index is 12.3. The molecule has 4 rings (SSSR count). The molecule has 1 aromatic rings. The zero-order valence-electron chi connectivity index (χ0n) is 14.0. The Labute approximate surface area is 146 Å². The Morgan fingerprint density at radius 1 is 1.24 bits per heavy atom. The van der Waals surface area contributed by atoms with Crippen LogP contribution in [-0.2, 0) is 9.59 Å². The van der Waals surface area contributed by atoms with Gasteiger partial charge in [-0.2, -0.15) is 0 Å². The van der Waals surface area contributed by atoms with Crippen LogP contribution in [0.3, 0.4) is 0 Å². The number of hydrogen-bond acceptors (Lipinski definition) is 5. The van der Waals surface area contributed by atoms with Gasteiger partial charge >= 0.3 is 0 Å². The Kier molecular flexibility index (Phi) is 4.48. The molecule has 25 heavy (non-hydrogen) atoms. The average Bonchev–Trinajstić information content (AvgIpc) is 3.29. The molecule has 3 N–H and O–H groups in total. The number of rotatable bonds is 4. The molecule has 2 amide bonds. The van der Waals surface area contributed by atoms with Crippen molar-refractivity contribution < 1.29 is 19.1 Å². The largest absolute Gasteiger partial charge is 0.486 e. The number of fused-ring (bicyclic) bond motifs is 1. The van der Waals surface area contributed by atoms with Crippen LogP contribution < -0.4 is 25.4 Å². The van der Waals surface area contributed by atoms with Crippen molar-refractivity contribution in [2.45, 2.75) is 24.8 Å². The SMILES string of the molecule is O=C(NCC1C[C@H](c2ccc3c(c2)OCCO3)C(=O)N1)C1CCNC1. The molecule has 2 unspecified atom stereocenters. The fraction of sp³-hybridized carbons (Fsp3) is 0.556. The van der Waals surface area contributed by atoms with Gasteiger partial charge in [-0.15, -0.1) is 0 Å². The highest BCUT2D eigenvalue weighted by atomic mass is 16.6. The van der Waals surface area contributed by atoms with Crippen LogP contribution in [0.4, 0.5) is 0 Å². The molecule has 3 atom stereocenters. The van der Waals surface area contributed by atoms with Gasteiger partial charge in [-0.1, -0.05) is 6.07 Å². The van der Waals surface area contributed by atoms with Crippen molar-refractivity contribution >= 4 is 11.8 Å². The summed E-state index contributed by atoms with van der Waals surface area (Å²) in [6, 6.07) is 5.63. The van der Waals surface area contributed by atoms with Crippen molar-refractivity contribution in [2.75, 3.05) is 32.8 Å². The Balaban J connectivity index is 1.36. The van der Waals surface area contributed by atoms with Crippen LogP contribution in [0, 0.1) is 5.92 Å². The number of hydrogen-bond donors (Lipinski definition) is 3. The highest BCUT2D eigenvalue weighted by Gasteiger charge is 2.34. The van der Waals surface area contributed by atoms with Gasteiger partial charge in [0.05, 0.1) is 11.8 Å². The van der Waals surface area contributed by atoms with E-state index in [0.717, 1.165) is 30.8 Å². The van der Waals surface area contributed by atoms with Gasteiger partial charge in [0.25, 0.3) is 0 Å². The molecule has 0 spiro atoms. The van der Waals surface area contributed by atoms with Crippen LogP contribution >= 0.6 is 0 Å². The molecule has 1 aromatic carbocycles. The molecule has 134 valence electrons. The third-order valence-electron chi connectivity index (χ3n) is 5.11. The molecule has 2 saturated heterocycles. The summed E-state index contributed by atoms with van der Waals surface area (Å²) in [5, 5.41) is 9.15. The van der Waals surface area contributed by atoms with Gasteiger partial charge in [-0.05, 0) is 37.1 Å². The fourth-order valence-electron chi connectivity index (χ4n) is 3.70. The first-order chi connectivity index (χ1) is 12.2. The molecule has 3 aliphatic rings. The summed E-state index contributed by atoms with van der Waals surface area (Å²) >= 11 is 0. The first-order valence-electron chi connectivity index (χ1n) is 8.89. The third kappa shape index (κ3) is 3.42. The van der Waals surface area contributed by atoms with E-state index in [1.807, 2.05) is 18.2 Å². The van der Waals surface area contributed by atoms with E-state index in [0.29, 0.717) is 31.9 Å². The molecule has 0 bridgehead atoms. The molecule has 0 radical (unpaired) electrons. The van der Waals surface area contributed by atoms with E-state index in [2.05, 4.69) is 16.0 Å². The van der Waals surface area contributed by atoms with Crippen LogP contribution in [0.5, 0.6) is 11.5 Å². The molecule has 0 saturated carbocycles. The monoisotopic (exact) mass is 345 g/mol. The van der Waals surface area contributed by atoms with Crippen LogP contribution in [0.15, 0.2) is 18.2 Å². The number of carbonyl (C=O) groups excluding carboxylic acids is 2. The molecule has 0 aliphatic carbocycles. The lowest BCUT2D eigenvalue weighted by atomic mass is 9.95. The van der Waals surface area contributed by atoms with E-state index in [-0.39, 0.29) is 29.7 Å². The summed E-state index contributed by atoms with van der Waals surface area (Å²) < 4.78 is 11.1. The van der Waals surface area contributed by atoms with Gasteiger partial charge in [0.15, 0.2) is 11.5 Å². The van der Waals surface area contributed by atoms with E-state index < -0.39 is 0 Å². The van der Waals surface area contributed by atoms with Crippen LogP contribution in [0.1, 0.15) is 24.3 Å². The Bertz CT molecular complexity index is 672. The highest BCUT2D eigenvalue weighted by Crippen LogP contribution is 2.35. The predicted molar refractivity (Wildman–Crippen MR) is 90.7 cm³/mol. The minimum atomic E-state index is -0.217. The number of nitrogens with one attached hydrogen (secondary N) is 3. The molecule has 3 aliphatic heterocycles. The maximum atomic E-state index is 12.3. The smallest absolute Gasteiger partial charge is 0.227 e. The molecule has 7 nitrogen and oxygen atoms in total. The van der Waals surface area contributed by atoms with Gasteiger partial charge < -0.3 is 25.4 Å². The standard InChI is InChI=1S/C18H23N3O4/c22-17(12-3-4-19-9-12)20-10-13-8-14(18(23)21-13)11-1-2-15-16(7-11)25-6-5-24-15/h1-2,7,12-14,19H,3-6,8-10H2,(H,20,22)(H,21,23)/t12?,13?,14-/m1/s1. The highest BCUT2D eigenvalue weighted by molar-refractivity contribution is 5.86. The first-order valence-corrected chi connectivity index (χ1v) is 8.89. The zero-order valence-corrected chi connectivity index (χ0v) is 14.0. The second kappa shape index (κ2) is 6.92. The predicted octanol–water partition coefficient (Wildman–Crippen LogP) is 0.156. The summed E-state index contributed by atoms with van der Waals surface area (Å²) in [5.41, 5.74) is 0.926. The summed E-state index contributed by atoms with van der Waals surface area (Å²) in [5.74, 6) is 1.32. The molecule has 3 heterocycles. The quantitative estimate of drug-likeness (QED) is 0.723. The van der Waals surface area contributed by atoms with Gasteiger partial charge in [0.1, 0.15) is 13.2 Å². The number of carbonyl (C=O) groups is 2. The summed E-state index contributed by atoms with van der Waals surface area (Å²) in [6.07, 6.45) is 1.55. The van der Waals surface area contributed by atoms with Crippen molar-refractivity contribution in [1.29, 1.82) is 0 Å². The van der Waals surface area contributed by atoms with Gasteiger partial charge in [0, 0.05) is 19.1 Å². The number of benzene rings is 1. The Morgan fingerprint density at radius 3 is 2.88 bits per heavy atom. The lowest BCUT2D eigenvalue weighted by Gasteiger charge is -2.19. The van der Waals surface area contributed by atoms with Crippen LogP contribution in [0.25, 0.3) is 0 Å². The van der Waals surface area contributed by atoms with Crippen LogP contribution in [0.2, 0.25) is 0 Å². The van der Waals surface area contributed by atoms with Crippen molar-refractivity contribution in [3.05, 3.63) is 23.8 Å². The minimum absolute atomic E-state index is 0.00143. The molecular formula is C18H23N3O4. The van der Waals surface area contributed by atoms with Crippen molar-refractivity contribution in [1.82, 2.24) is 16.0 Å². The van der Waals surface area contributed by atoms with E-state index in [1.165, 1.54) is 0 Å². The van der Waals surface area contributed by atoms with Gasteiger partial charge in [-0.3, -0.25) is 9.59 Å². The zero-order chi connectivity index (χ0) is 17.2. The Hall–Kier alpha value is -2.28. The molecule has 2 fully saturated rings. The number of amides is 2. The second-order valence-corrected chi connectivity index (χ2v) is 6.83. The van der Waals surface area contributed by atoms with Crippen molar-refractivity contribution in [3.63, 3.8) is 0 Å². The second-order valence-electron chi connectivity index (χ2n) is 6.83. The third-order valence-corrected chi connectivity index (χ3v) is 5.11. The maximum Gasteiger partial charge on any atom is 0.227 e. The van der Waals surface area contributed by atoms with E-state index in [9.17, 15) is 9.59 Å². The van der Waals surface area contributed by atoms with Crippen molar-refractivity contribution in [2.24, 2.45) is 5.92 Å². The van der Waals surface area contributed by atoms with Gasteiger partial charge in [0.2, 0.25) is 11.8 Å². The van der Waals surface area contributed by atoms with Gasteiger partial charge in [-0.25, -0.2) is 0 Å². The topological polar surface area (TPSA) is 88.7 Å². The van der Waals surface area contributed by atoms with Crippen molar-refractivity contribution in [3.8, 4) is 11.5 Å². The van der Waals surface area contributed by atoms with E-state index >= 15 is 0 Å². The number of ether oxygens (including phenoxy) is 2. The average molecular weight is 345 g/mol. The summed E-state index contributed by atoms with van der Waals surface area (Å²) in [4.78, 5) is 24.4. The summed E-state index contributed by atoms with van der Waals surface area (Å²) in [6.45, 7) is 3.18. The summed E-state index contributed by atoms with van der Waals surface area (Å²) in [7, 11) is 0. The lowest BCUT2D eigenvalue weighted by Crippen LogP contribution is -2.41. The Morgan fingerprint density at radius 2 is 2.08 bits per heavy atom. The normalized spacial score (nSPS) is 27.8. The molecular weight excluding hydrogens is 322 g/mol. The molecule has 7 heteroatoms.